The second kappa shape index (κ2) is 2.69. The molecule has 2 heteroatoms. The quantitative estimate of drug-likeness (QED) is 0.636. The van der Waals surface area contributed by atoms with Gasteiger partial charge in [0.2, 0.25) is 0 Å². The van der Waals surface area contributed by atoms with Crippen molar-refractivity contribution in [3.05, 3.63) is 23.4 Å². The van der Waals surface area contributed by atoms with E-state index in [2.05, 4.69) is 18.8 Å². The van der Waals surface area contributed by atoms with E-state index in [-0.39, 0.29) is 0 Å². The number of nitrogens with two attached hydrogens (primary N) is 1. The molecule has 2 nitrogen and oxygen atoms in total. The lowest BCUT2D eigenvalue weighted by Crippen LogP contribution is -1.93. The Kier molecular flexibility index (Phi) is 1.90. The van der Waals surface area contributed by atoms with Crippen LogP contribution in [0.15, 0.2) is 12.3 Å². The van der Waals surface area contributed by atoms with E-state index in [1.807, 2.05) is 12.3 Å². The van der Waals surface area contributed by atoms with E-state index in [0.29, 0.717) is 5.82 Å². The molecule has 1 aromatic rings. The smallest absolute Gasteiger partial charge is 0.123 e. The molecule has 1 rings (SSSR count). The average molecular weight is 136 g/mol. The number of hydrogen-bond acceptors (Lipinski definition) is 2. The summed E-state index contributed by atoms with van der Waals surface area (Å²) in [5.41, 5.74) is 7.97. The minimum absolute atomic E-state index is 0.606. The van der Waals surface area contributed by atoms with Crippen molar-refractivity contribution in [1.29, 1.82) is 0 Å². The van der Waals surface area contributed by atoms with Crippen LogP contribution in [0.25, 0.3) is 0 Å². The minimum Gasteiger partial charge on any atom is -0.384 e. The maximum atomic E-state index is 5.47. The van der Waals surface area contributed by atoms with Crippen LogP contribution >= 0.6 is 0 Å². The van der Waals surface area contributed by atoms with Gasteiger partial charge in [-0.25, -0.2) is 4.98 Å². The maximum absolute atomic E-state index is 5.47. The highest BCUT2D eigenvalue weighted by Gasteiger charge is 1.94. The maximum Gasteiger partial charge on any atom is 0.123 e. The Hall–Kier alpha value is -1.05. The summed E-state index contributed by atoms with van der Waals surface area (Å²) >= 11 is 0. The minimum atomic E-state index is 0.606. The molecule has 2 N–H and O–H groups in total. The molecule has 0 amide bonds. The van der Waals surface area contributed by atoms with Gasteiger partial charge in [0.1, 0.15) is 5.82 Å². The molecule has 0 fully saturated rings. The predicted molar refractivity (Wildman–Crippen MR) is 42.8 cm³/mol. The number of aryl methyl sites for hydroxylation is 2. The van der Waals surface area contributed by atoms with Crippen LogP contribution in [0.4, 0.5) is 5.82 Å². The van der Waals surface area contributed by atoms with Gasteiger partial charge in [0.05, 0.1) is 0 Å². The SMILES string of the molecule is CCc1cnc(N)cc1C. The Labute approximate surface area is 61.1 Å². The van der Waals surface area contributed by atoms with Crippen LogP contribution in [0.3, 0.4) is 0 Å². The molecule has 0 aromatic carbocycles. The summed E-state index contributed by atoms with van der Waals surface area (Å²) in [5.74, 6) is 0.606. The highest BCUT2D eigenvalue weighted by Crippen LogP contribution is 2.08. The molecule has 0 radical (unpaired) electrons. The standard InChI is InChI=1S/C8H12N2/c1-3-7-5-10-8(9)4-6(7)2/h4-5H,3H2,1-2H3,(H2,9,10). The van der Waals surface area contributed by atoms with Gasteiger partial charge in [-0.3, -0.25) is 0 Å². The zero-order valence-corrected chi connectivity index (χ0v) is 6.39. The normalized spacial score (nSPS) is 9.80. The van der Waals surface area contributed by atoms with Crippen LogP contribution in [0.2, 0.25) is 0 Å². The number of anilines is 1. The van der Waals surface area contributed by atoms with Crippen LogP contribution in [0.5, 0.6) is 0 Å². The first-order valence-corrected chi connectivity index (χ1v) is 3.45. The second-order valence-electron chi connectivity index (χ2n) is 2.39. The van der Waals surface area contributed by atoms with Crippen molar-refractivity contribution < 1.29 is 0 Å². The third kappa shape index (κ3) is 1.26. The predicted octanol–water partition coefficient (Wildman–Crippen LogP) is 1.53. The molecule has 0 aliphatic heterocycles. The van der Waals surface area contributed by atoms with Gasteiger partial charge in [0.15, 0.2) is 0 Å². The Morgan fingerprint density at radius 2 is 2.30 bits per heavy atom. The fraction of sp³-hybridized carbons (Fsp3) is 0.375. The van der Waals surface area contributed by atoms with Crippen LogP contribution in [-0.2, 0) is 6.42 Å². The van der Waals surface area contributed by atoms with Gasteiger partial charge in [-0.15, -0.1) is 0 Å². The highest BCUT2D eigenvalue weighted by molar-refractivity contribution is 5.35. The third-order valence-electron chi connectivity index (χ3n) is 1.62. The summed E-state index contributed by atoms with van der Waals surface area (Å²) in [6.07, 6.45) is 2.86. The zero-order chi connectivity index (χ0) is 7.56. The Bertz CT molecular complexity index is 231. The van der Waals surface area contributed by atoms with E-state index in [1.54, 1.807) is 0 Å². The van der Waals surface area contributed by atoms with Crippen molar-refractivity contribution in [3.63, 3.8) is 0 Å². The van der Waals surface area contributed by atoms with Crippen molar-refractivity contribution in [3.8, 4) is 0 Å². The van der Waals surface area contributed by atoms with Crippen molar-refractivity contribution in [2.75, 3.05) is 5.73 Å². The van der Waals surface area contributed by atoms with Crippen LogP contribution in [0, 0.1) is 6.92 Å². The van der Waals surface area contributed by atoms with E-state index < -0.39 is 0 Å². The molecule has 0 aliphatic rings. The van der Waals surface area contributed by atoms with E-state index in [0.717, 1.165) is 6.42 Å². The first-order valence-electron chi connectivity index (χ1n) is 3.45. The highest BCUT2D eigenvalue weighted by atomic mass is 14.8. The second-order valence-corrected chi connectivity index (χ2v) is 2.39. The molecule has 1 aromatic heterocycles. The lowest BCUT2D eigenvalue weighted by Gasteiger charge is -2.01. The van der Waals surface area contributed by atoms with Gasteiger partial charge in [0.25, 0.3) is 0 Å². The molecule has 0 aliphatic carbocycles. The van der Waals surface area contributed by atoms with Gasteiger partial charge >= 0.3 is 0 Å². The van der Waals surface area contributed by atoms with Gasteiger partial charge in [0, 0.05) is 6.20 Å². The molecule has 54 valence electrons. The number of nitrogens with zero attached hydrogens (tertiary/aromatic N) is 1. The van der Waals surface area contributed by atoms with E-state index in [1.165, 1.54) is 11.1 Å². The van der Waals surface area contributed by atoms with Crippen molar-refractivity contribution in [2.45, 2.75) is 20.3 Å². The van der Waals surface area contributed by atoms with E-state index in [4.69, 9.17) is 5.73 Å². The van der Waals surface area contributed by atoms with Crippen molar-refractivity contribution in [2.24, 2.45) is 0 Å². The Morgan fingerprint density at radius 1 is 1.60 bits per heavy atom. The van der Waals surface area contributed by atoms with Crippen LogP contribution in [-0.4, -0.2) is 4.98 Å². The molecule has 0 atom stereocenters. The molecule has 0 unspecified atom stereocenters. The van der Waals surface area contributed by atoms with Crippen LogP contribution < -0.4 is 5.73 Å². The largest absolute Gasteiger partial charge is 0.384 e. The number of rotatable bonds is 1. The lowest BCUT2D eigenvalue weighted by molar-refractivity contribution is 1.08. The Morgan fingerprint density at radius 3 is 2.80 bits per heavy atom. The van der Waals surface area contributed by atoms with E-state index >= 15 is 0 Å². The number of aromatic nitrogens is 1. The molecule has 0 saturated heterocycles. The molecule has 10 heavy (non-hydrogen) atoms. The summed E-state index contributed by atoms with van der Waals surface area (Å²) in [6, 6.07) is 1.90. The monoisotopic (exact) mass is 136 g/mol. The molecule has 0 saturated carbocycles. The lowest BCUT2D eigenvalue weighted by atomic mass is 10.1. The van der Waals surface area contributed by atoms with Gasteiger partial charge in [-0.1, -0.05) is 6.92 Å². The molecular formula is C8H12N2. The van der Waals surface area contributed by atoms with Crippen molar-refractivity contribution >= 4 is 5.82 Å². The average Bonchev–Trinajstić information content (AvgIpc) is 1.88. The fourth-order valence-electron chi connectivity index (χ4n) is 0.976. The third-order valence-corrected chi connectivity index (χ3v) is 1.62. The van der Waals surface area contributed by atoms with Gasteiger partial charge < -0.3 is 5.73 Å². The summed E-state index contributed by atoms with van der Waals surface area (Å²) in [4.78, 5) is 3.99. The van der Waals surface area contributed by atoms with Gasteiger partial charge in [-0.2, -0.15) is 0 Å². The zero-order valence-electron chi connectivity index (χ0n) is 6.39. The Balaban J connectivity index is 3.07. The molecule has 0 bridgehead atoms. The first kappa shape index (κ1) is 7.06. The molecule has 1 heterocycles. The first-order chi connectivity index (χ1) is 4.74. The van der Waals surface area contributed by atoms with E-state index in [9.17, 15) is 0 Å². The topological polar surface area (TPSA) is 38.9 Å². The molecular weight excluding hydrogens is 124 g/mol. The number of hydrogen-bond donors (Lipinski definition) is 1. The van der Waals surface area contributed by atoms with Crippen molar-refractivity contribution in [1.82, 2.24) is 4.98 Å². The summed E-state index contributed by atoms with van der Waals surface area (Å²) in [6.45, 7) is 4.16. The number of nitrogen functional groups attached to an aromatic ring is 1. The summed E-state index contributed by atoms with van der Waals surface area (Å²) in [7, 11) is 0. The summed E-state index contributed by atoms with van der Waals surface area (Å²) in [5, 5.41) is 0. The number of pyridine rings is 1. The van der Waals surface area contributed by atoms with Crippen LogP contribution in [0.1, 0.15) is 18.1 Å². The molecule has 0 spiro atoms. The van der Waals surface area contributed by atoms with Gasteiger partial charge in [-0.05, 0) is 30.5 Å². The summed E-state index contributed by atoms with van der Waals surface area (Å²) < 4.78 is 0. The fourth-order valence-corrected chi connectivity index (χ4v) is 0.976.